The van der Waals surface area contributed by atoms with Crippen LogP contribution in [-0.2, 0) is 19.6 Å². The van der Waals surface area contributed by atoms with Gasteiger partial charge in [0.15, 0.2) is 0 Å². The van der Waals surface area contributed by atoms with Crippen molar-refractivity contribution in [3.8, 4) is 0 Å². The molecule has 0 saturated carbocycles. The van der Waals surface area contributed by atoms with Crippen LogP contribution >= 0.6 is 0 Å². The van der Waals surface area contributed by atoms with Crippen molar-refractivity contribution in [2.45, 2.75) is 10.9 Å². The Balaban J connectivity index is 1.59. The summed E-state index contributed by atoms with van der Waals surface area (Å²) in [6.07, 6.45) is 0. The predicted molar refractivity (Wildman–Crippen MR) is 124 cm³/mol. The lowest BCUT2D eigenvalue weighted by atomic mass is 10.1. The molecule has 7 nitrogen and oxygen atoms in total. The zero-order chi connectivity index (χ0) is 23.3. The summed E-state index contributed by atoms with van der Waals surface area (Å²) in [4.78, 5) is 13.3. The Hall–Kier alpha value is -3.27. The zero-order valence-electron chi connectivity index (χ0n) is 17.8. The van der Waals surface area contributed by atoms with E-state index in [4.69, 9.17) is 4.74 Å². The number of benzene rings is 3. The number of amides is 1. The fourth-order valence-electron chi connectivity index (χ4n) is 3.54. The fraction of sp³-hybridized carbons (Fsp3) is 0.208. The summed E-state index contributed by atoms with van der Waals surface area (Å²) in [5.74, 6) is -0.765. The van der Waals surface area contributed by atoms with Crippen LogP contribution in [-0.4, -0.2) is 44.9 Å². The van der Waals surface area contributed by atoms with Crippen molar-refractivity contribution < 1.29 is 22.3 Å². The van der Waals surface area contributed by atoms with Gasteiger partial charge in [0.05, 0.1) is 18.1 Å². The average molecular weight is 470 g/mol. The highest BCUT2D eigenvalue weighted by Crippen LogP contribution is 2.25. The first-order valence-electron chi connectivity index (χ1n) is 10.5. The van der Waals surface area contributed by atoms with E-state index in [0.717, 1.165) is 0 Å². The van der Waals surface area contributed by atoms with Crippen LogP contribution in [0, 0.1) is 5.82 Å². The van der Waals surface area contributed by atoms with E-state index >= 15 is 0 Å². The number of rotatable bonds is 7. The molecule has 4 rings (SSSR count). The predicted octanol–water partition coefficient (Wildman–Crippen LogP) is 3.64. The number of nitrogens with zero attached hydrogens (tertiary/aromatic N) is 1. The fourth-order valence-corrected chi connectivity index (χ4v) is 5.00. The van der Waals surface area contributed by atoms with Crippen molar-refractivity contribution in [2.24, 2.45) is 0 Å². The number of carbonyl (C=O) groups is 1. The first-order chi connectivity index (χ1) is 15.9. The number of nitrogens with one attached hydrogen (secondary N) is 2. The van der Waals surface area contributed by atoms with Gasteiger partial charge in [0.1, 0.15) is 11.9 Å². The second kappa shape index (κ2) is 10.1. The molecule has 3 aromatic rings. The van der Waals surface area contributed by atoms with Gasteiger partial charge in [-0.05, 0) is 48.0 Å². The first-order valence-corrected chi connectivity index (χ1v) is 11.9. The van der Waals surface area contributed by atoms with Gasteiger partial charge in [0.2, 0.25) is 10.0 Å². The molecule has 0 aromatic heterocycles. The third kappa shape index (κ3) is 5.57. The summed E-state index contributed by atoms with van der Waals surface area (Å²) in [6.45, 7) is 1.31. The van der Waals surface area contributed by atoms with Crippen molar-refractivity contribution in [2.75, 3.05) is 36.9 Å². The second-order valence-corrected chi connectivity index (χ2v) is 9.47. The molecule has 0 bridgehead atoms. The third-order valence-corrected chi connectivity index (χ3v) is 7.15. The van der Waals surface area contributed by atoms with Gasteiger partial charge in [-0.25, -0.2) is 12.8 Å². The van der Waals surface area contributed by atoms with Crippen LogP contribution in [0.15, 0.2) is 83.8 Å². The van der Waals surface area contributed by atoms with Gasteiger partial charge in [-0.2, -0.15) is 4.31 Å². The normalized spacial score (nSPS) is 15.5. The summed E-state index contributed by atoms with van der Waals surface area (Å²) in [7, 11) is -3.68. The number of sulfonamides is 1. The van der Waals surface area contributed by atoms with Gasteiger partial charge in [0.25, 0.3) is 5.91 Å². The number of hydrogen-bond acceptors (Lipinski definition) is 5. The van der Waals surface area contributed by atoms with E-state index in [2.05, 4.69) is 10.6 Å². The molecule has 1 fully saturated rings. The Morgan fingerprint density at radius 1 is 0.909 bits per heavy atom. The maximum absolute atomic E-state index is 13.2. The Morgan fingerprint density at radius 3 is 2.30 bits per heavy atom. The van der Waals surface area contributed by atoms with E-state index in [0.29, 0.717) is 43.2 Å². The van der Waals surface area contributed by atoms with Crippen LogP contribution in [0.4, 0.5) is 15.8 Å². The lowest BCUT2D eigenvalue weighted by Crippen LogP contribution is -2.40. The number of anilines is 2. The van der Waals surface area contributed by atoms with Gasteiger partial charge in [-0.1, -0.05) is 36.4 Å². The van der Waals surface area contributed by atoms with E-state index in [1.807, 2.05) is 18.2 Å². The minimum absolute atomic E-state index is 0.139. The number of hydrogen-bond donors (Lipinski definition) is 2. The molecule has 1 heterocycles. The van der Waals surface area contributed by atoms with Crippen LogP contribution in [0.5, 0.6) is 0 Å². The van der Waals surface area contributed by atoms with Crippen molar-refractivity contribution in [1.29, 1.82) is 0 Å². The minimum Gasteiger partial charge on any atom is -0.379 e. The van der Waals surface area contributed by atoms with Gasteiger partial charge in [-0.3, -0.25) is 4.79 Å². The van der Waals surface area contributed by atoms with Gasteiger partial charge >= 0.3 is 0 Å². The molecule has 33 heavy (non-hydrogen) atoms. The molecule has 9 heteroatoms. The third-order valence-electron chi connectivity index (χ3n) is 5.26. The number of ether oxygens (including phenoxy) is 1. The molecule has 1 aliphatic heterocycles. The Kier molecular flexibility index (Phi) is 7.02. The standard InChI is InChI=1S/C24H24FN3O4S/c25-19-9-11-20(12-10-19)27-24(29)23(18-5-2-1-3-6-18)26-21-7-4-8-22(17-21)33(30,31)28-13-15-32-16-14-28/h1-12,17,23,26H,13-16H2,(H,27,29)/t23-/m1/s1. The Bertz CT molecular complexity index is 1200. The van der Waals surface area contributed by atoms with Crippen molar-refractivity contribution in [1.82, 2.24) is 4.31 Å². The quantitative estimate of drug-likeness (QED) is 0.552. The second-order valence-electron chi connectivity index (χ2n) is 7.53. The van der Waals surface area contributed by atoms with E-state index < -0.39 is 21.9 Å². The van der Waals surface area contributed by atoms with Crippen LogP contribution < -0.4 is 10.6 Å². The van der Waals surface area contributed by atoms with Crippen LogP contribution in [0.25, 0.3) is 0 Å². The summed E-state index contributed by atoms with van der Waals surface area (Å²) in [6, 6.07) is 20.1. The van der Waals surface area contributed by atoms with E-state index in [-0.39, 0.29) is 10.8 Å². The van der Waals surface area contributed by atoms with Gasteiger partial charge in [0, 0.05) is 24.5 Å². The number of carbonyl (C=O) groups excluding carboxylic acids is 1. The Labute approximate surface area is 192 Å². The molecule has 1 amide bonds. The summed E-state index contributed by atoms with van der Waals surface area (Å²) < 4.78 is 45.9. The molecular weight excluding hydrogens is 445 g/mol. The molecule has 172 valence electrons. The monoisotopic (exact) mass is 469 g/mol. The van der Waals surface area contributed by atoms with Gasteiger partial charge < -0.3 is 15.4 Å². The van der Waals surface area contributed by atoms with E-state index in [1.54, 1.807) is 24.3 Å². The van der Waals surface area contributed by atoms with Crippen LogP contribution in [0.1, 0.15) is 11.6 Å². The molecule has 1 aliphatic rings. The SMILES string of the molecule is O=C(Nc1ccc(F)cc1)[C@H](Nc1cccc(S(=O)(=O)N2CCOCC2)c1)c1ccccc1. The van der Waals surface area contributed by atoms with Gasteiger partial charge in [-0.15, -0.1) is 0 Å². The molecule has 0 spiro atoms. The summed E-state index contributed by atoms with van der Waals surface area (Å²) >= 11 is 0. The summed E-state index contributed by atoms with van der Waals surface area (Å²) in [5.41, 5.74) is 1.62. The molecule has 3 aromatic carbocycles. The minimum atomic E-state index is -3.68. The highest BCUT2D eigenvalue weighted by atomic mass is 32.2. The van der Waals surface area contributed by atoms with Crippen LogP contribution in [0.2, 0.25) is 0 Å². The lowest BCUT2D eigenvalue weighted by Gasteiger charge is -2.26. The van der Waals surface area contributed by atoms with Crippen molar-refractivity contribution >= 4 is 27.3 Å². The van der Waals surface area contributed by atoms with Crippen molar-refractivity contribution in [3.63, 3.8) is 0 Å². The van der Waals surface area contributed by atoms with Crippen molar-refractivity contribution in [3.05, 3.63) is 90.2 Å². The Morgan fingerprint density at radius 2 is 1.61 bits per heavy atom. The van der Waals surface area contributed by atoms with E-state index in [1.165, 1.54) is 40.7 Å². The first kappa shape index (κ1) is 22.9. The highest BCUT2D eigenvalue weighted by Gasteiger charge is 2.27. The molecular formula is C24H24FN3O4S. The zero-order valence-corrected chi connectivity index (χ0v) is 18.6. The molecule has 1 atom stereocenters. The largest absolute Gasteiger partial charge is 0.379 e. The molecule has 0 aliphatic carbocycles. The maximum Gasteiger partial charge on any atom is 0.251 e. The number of halogens is 1. The smallest absolute Gasteiger partial charge is 0.251 e. The molecule has 1 saturated heterocycles. The maximum atomic E-state index is 13.2. The number of morpholine rings is 1. The molecule has 0 unspecified atom stereocenters. The van der Waals surface area contributed by atoms with Crippen LogP contribution in [0.3, 0.4) is 0 Å². The topological polar surface area (TPSA) is 87.7 Å². The molecule has 2 N–H and O–H groups in total. The average Bonchev–Trinajstić information content (AvgIpc) is 2.85. The highest BCUT2D eigenvalue weighted by molar-refractivity contribution is 7.89. The molecule has 0 radical (unpaired) electrons. The summed E-state index contributed by atoms with van der Waals surface area (Å²) in [5, 5.41) is 5.92. The lowest BCUT2D eigenvalue weighted by molar-refractivity contribution is -0.117. The van der Waals surface area contributed by atoms with E-state index in [9.17, 15) is 17.6 Å².